The number of methoxy groups -OCH3 is 1. The SMILES string of the molecule is C=CCN(C(=O)COc1ccc(OC)cc1[N+](=O)[O-])c1ccccc1. The molecule has 7 heteroatoms. The van der Waals surface area contributed by atoms with Crippen LogP contribution in [0.1, 0.15) is 0 Å². The molecule has 0 saturated heterocycles. The quantitative estimate of drug-likeness (QED) is 0.418. The van der Waals surface area contributed by atoms with Gasteiger partial charge in [0, 0.05) is 12.2 Å². The highest BCUT2D eigenvalue weighted by molar-refractivity contribution is 5.94. The molecule has 0 N–H and O–H groups in total. The number of nitrogens with zero attached hydrogens (tertiary/aromatic N) is 2. The molecule has 0 bridgehead atoms. The largest absolute Gasteiger partial charge is 0.496 e. The van der Waals surface area contributed by atoms with Crippen LogP contribution in [0, 0.1) is 10.1 Å². The van der Waals surface area contributed by atoms with Crippen LogP contribution in [0.3, 0.4) is 0 Å². The van der Waals surface area contributed by atoms with Crippen molar-refractivity contribution in [2.24, 2.45) is 0 Å². The van der Waals surface area contributed by atoms with Crippen molar-refractivity contribution in [3.05, 3.63) is 71.3 Å². The molecule has 1 amide bonds. The summed E-state index contributed by atoms with van der Waals surface area (Å²) in [5.41, 5.74) is 0.433. The normalized spacial score (nSPS) is 9.96. The van der Waals surface area contributed by atoms with Gasteiger partial charge in [0.25, 0.3) is 5.91 Å². The van der Waals surface area contributed by atoms with Gasteiger partial charge < -0.3 is 14.4 Å². The van der Waals surface area contributed by atoms with Gasteiger partial charge in [-0.15, -0.1) is 6.58 Å². The second-order valence-corrected chi connectivity index (χ2v) is 5.01. The maximum Gasteiger partial charge on any atom is 0.314 e. The zero-order valence-corrected chi connectivity index (χ0v) is 13.8. The number of benzene rings is 2. The molecule has 7 nitrogen and oxygen atoms in total. The Labute approximate surface area is 145 Å². The second kappa shape index (κ2) is 8.49. The smallest absolute Gasteiger partial charge is 0.314 e. The Balaban J connectivity index is 2.15. The van der Waals surface area contributed by atoms with E-state index in [4.69, 9.17) is 9.47 Å². The van der Waals surface area contributed by atoms with E-state index < -0.39 is 4.92 Å². The third-order valence-electron chi connectivity index (χ3n) is 3.39. The topological polar surface area (TPSA) is 81.9 Å². The first-order chi connectivity index (χ1) is 12.1. The molecule has 0 heterocycles. The van der Waals surface area contributed by atoms with Gasteiger partial charge in [-0.1, -0.05) is 24.3 Å². The van der Waals surface area contributed by atoms with Crippen LogP contribution in [0.2, 0.25) is 0 Å². The number of carbonyl (C=O) groups excluding carboxylic acids is 1. The summed E-state index contributed by atoms with van der Waals surface area (Å²) >= 11 is 0. The van der Waals surface area contributed by atoms with E-state index in [9.17, 15) is 14.9 Å². The van der Waals surface area contributed by atoms with Gasteiger partial charge in [-0.25, -0.2) is 0 Å². The number of carbonyl (C=O) groups is 1. The first kappa shape index (κ1) is 18.0. The molecule has 0 aliphatic heterocycles. The lowest BCUT2D eigenvalue weighted by Crippen LogP contribution is -2.35. The van der Waals surface area contributed by atoms with E-state index >= 15 is 0 Å². The van der Waals surface area contributed by atoms with Gasteiger partial charge in [0.15, 0.2) is 12.4 Å². The highest BCUT2D eigenvalue weighted by atomic mass is 16.6. The number of para-hydroxylation sites is 1. The van der Waals surface area contributed by atoms with Gasteiger partial charge in [-0.05, 0) is 24.3 Å². The molecule has 130 valence electrons. The molecule has 0 aliphatic carbocycles. The van der Waals surface area contributed by atoms with E-state index in [0.717, 1.165) is 0 Å². The van der Waals surface area contributed by atoms with Gasteiger partial charge >= 0.3 is 5.69 Å². The Morgan fingerprint density at radius 1 is 1.28 bits per heavy atom. The van der Waals surface area contributed by atoms with E-state index in [-0.39, 0.29) is 24.0 Å². The summed E-state index contributed by atoms with van der Waals surface area (Å²) in [6.07, 6.45) is 1.60. The van der Waals surface area contributed by atoms with Crippen LogP contribution in [0.25, 0.3) is 0 Å². The van der Waals surface area contributed by atoms with Gasteiger partial charge in [0.2, 0.25) is 0 Å². The molecule has 0 saturated carbocycles. The molecular weight excluding hydrogens is 324 g/mol. The lowest BCUT2D eigenvalue weighted by molar-refractivity contribution is -0.385. The molecular formula is C18H18N2O5. The Hall–Kier alpha value is -3.35. The highest BCUT2D eigenvalue weighted by Crippen LogP contribution is 2.31. The van der Waals surface area contributed by atoms with Crippen LogP contribution in [-0.4, -0.2) is 31.1 Å². The molecule has 0 spiro atoms. The monoisotopic (exact) mass is 342 g/mol. The second-order valence-electron chi connectivity index (χ2n) is 5.01. The number of rotatable bonds is 8. The number of nitro groups is 1. The average Bonchev–Trinajstić information content (AvgIpc) is 2.64. The summed E-state index contributed by atoms with van der Waals surface area (Å²) in [6, 6.07) is 13.2. The van der Waals surface area contributed by atoms with E-state index in [0.29, 0.717) is 18.0 Å². The van der Waals surface area contributed by atoms with E-state index in [1.165, 1.54) is 30.2 Å². The molecule has 0 radical (unpaired) electrons. The molecule has 0 unspecified atom stereocenters. The van der Waals surface area contributed by atoms with E-state index in [2.05, 4.69) is 6.58 Å². The molecule has 25 heavy (non-hydrogen) atoms. The molecule has 2 aromatic carbocycles. The minimum Gasteiger partial charge on any atom is -0.496 e. The number of amides is 1. The van der Waals surface area contributed by atoms with Crippen LogP contribution < -0.4 is 14.4 Å². The summed E-state index contributed by atoms with van der Waals surface area (Å²) in [4.78, 5) is 24.5. The summed E-state index contributed by atoms with van der Waals surface area (Å²) in [6.45, 7) is 3.61. The zero-order chi connectivity index (χ0) is 18.2. The molecule has 0 aliphatic rings. The van der Waals surface area contributed by atoms with E-state index in [1.807, 2.05) is 18.2 Å². The summed E-state index contributed by atoms with van der Waals surface area (Å²) < 4.78 is 10.4. The number of ether oxygens (including phenoxy) is 2. The third-order valence-corrected chi connectivity index (χ3v) is 3.39. The fourth-order valence-corrected chi connectivity index (χ4v) is 2.19. The minimum atomic E-state index is -0.582. The third kappa shape index (κ3) is 4.57. The predicted molar refractivity (Wildman–Crippen MR) is 94.1 cm³/mol. The fraction of sp³-hybridized carbons (Fsp3) is 0.167. The zero-order valence-electron chi connectivity index (χ0n) is 13.8. The van der Waals surface area contributed by atoms with E-state index in [1.54, 1.807) is 18.2 Å². The van der Waals surface area contributed by atoms with Gasteiger partial charge in [0.05, 0.1) is 18.1 Å². The van der Waals surface area contributed by atoms with Crippen molar-refractivity contribution in [2.45, 2.75) is 0 Å². The molecule has 2 aromatic rings. The van der Waals surface area contributed by atoms with Crippen LogP contribution >= 0.6 is 0 Å². The Morgan fingerprint density at radius 3 is 2.60 bits per heavy atom. The van der Waals surface area contributed by atoms with Crippen molar-refractivity contribution < 1.29 is 19.2 Å². The minimum absolute atomic E-state index is 0.00534. The number of nitro benzene ring substituents is 1. The average molecular weight is 342 g/mol. The van der Waals surface area contributed by atoms with Crippen molar-refractivity contribution in [3.8, 4) is 11.5 Å². The Morgan fingerprint density at radius 2 is 2.00 bits per heavy atom. The molecule has 0 atom stereocenters. The number of hydrogen-bond donors (Lipinski definition) is 0. The van der Waals surface area contributed by atoms with Gasteiger partial charge in [-0.2, -0.15) is 0 Å². The van der Waals surface area contributed by atoms with Crippen LogP contribution in [0.5, 0.6) is 11.5 Å². The standard InChI is InChI=1S/C18H18N2O5/c1-3-11-19(14-7-5-4-6-8-14)18(21)13-25-17-10-9-15(24-2)12-16(17)20(22)23/h3-10,12H,1,11,13H2,2H3. The predicted octanol–water partition coefficient (Wildman–Crippen LogP) is 3.20. The Bertz CT molecular complexity index is 761. The van der Waals surface area contributed by atoms with Crippen molar-refractivity contribution in [1.29, 1.82) is 0 Å². The van der Waals surface area contributed by atoms with Crippen molar-refractivity contribution in [1.82, 2.24) is 0 Å². The van der Waals surface area contributed by atoms with Crippen molar-refractivity contribution >= 4 is 17.3 Å². The lowest BCUT2D eigenvalue weighted by Gasteiger charge is -2.21. The molecule has 2 rings (SSSR count). The van der Waals surface area contributed by atoms with Gasteiger partial charge in [-0.3, -0.25) is 14.9 Å². The van der Waals surface area contributed by atoms with Crippen LogP contribution in [-0.2, 0) is 4.79 Å². The molecule has 0 fully saturated rings. The number of anilines is 1. The highest BCUT2D eigenvalue weighted by Gasteiger charge is 2.20. The maximum atomic E-state index is 12.5. The first-order valence-corrected chi connectivity index (χ1v) is 7.48. The molecule has 0 aromatic heterocycles. The van der Waals surface area contributed by atoms with Crippen LogP contribution in [0.4, 0.5) is 11.4 Å². The fourth-order valence-electron chi connectivity index (χ4n) is 2.19. The van der Waals surface area contributed by atoms with Crippen LogP contribution in [0.15, 0.2) is 61.2 Å². The van der Waals surface area contributed by atoms with Crippen molar-refractivity contribution in [2.75, 3.05) is 25.2 Å². The Kier molecular flexibility index (Phi) is 6.11. The summed E-state index contributed by atoms with van der Waals surface area (Å²) in [5, 5.41) is 11.2. The lowest BCUT2D eigenvalue weighted by atomic mass is 10.2. The van der Waals surface area contributed by atoms with Gasteiger partial charge in [0.1, 0.15) is 5.75 Å². The summed E-state index contributed by atoms with van der Waals surface area (Å²) in [5.74, 6) is 0.00456. The first-order valence-electron chi connectivity index (χ1n) is 7.48. The number of hydrogen-bond acceptors (Lipinski definition) is 5. The maximum absolute atomic E-state index is 12.5. The van der Waals surface area contributed by atoms with Crippen molar-refractivity contribution in [3.63, 3.8) is 0 Å². The summed E-state index contributed by atoms with van der Waals surface area (Å²) in [7, 11) is 1.41.